The van der Waals surface area contributed by atoms with E-state index < -0.39 is 0 Å². The summed E-state index contributed by atoms with van der Waals surface area (Å²) in [5.74, 6) is 0. The van der Waals surface area contributed by atoms with Crippen LogP contribution in [-0.2, 0) is 9.16 Å². The molecule has 0 aliphatic carbocycles. The topological polar surface area (TPSA) is 18.5 Å². The minimum Gasteiger partial charge on any atom is -0.422 e. The molecule has 0 atom stereocenters. The van der Waals surface area contributed by atoms with Crippen LogP contribution >= 0.6 is 0 Å². The summed E-state index contributed by atoms with van der Waals surface area (Å²) in [7, 11) is -0.301. The van der Waals surface area contributed by atoms with E-state index in [0.717, 1.165) is 19.8 Å². The van der Waals surface area contributed by atoms with E-state index in [0.29, 0.717) is 5.41 Å². The molecule has 0 amide bonds. The van der Waals surface area contributed by atoms with E-state index in [1.165, 1.54) is 6.04 Å². The summed E-state index contributed by atoms with van der Waals surface area (Å²) in [6.45, 7) is 11.1. The second-order valence-corrected chi connectivity index (χ2v) is 5.44. The molecule has 0 spiro atoms. The van der Waals surface area contributed by atoms with Crippen LogP contribution in [0.25, 0.3) is 0 Å². The summed E-state index contributed by atoms with van der Waals surface area (Å²) in [5, 5.41) is 0. The molecule has 12 heavy (non-hydrogen) atoms. The molecule has 0 unspecified atom stereocenters. The lowest BCUT2D eigenvalue weighted by Gasteiger charge is -2.17. The normalized spacial score (nSPS) is 13.0. The van der Waals surface area contributed by atoms with Gasteiger partial charge in [0.1, 0.15) is 0 Å². The second kappa shape index (κ2) is 6.63. The number of hydrogen-bond donors (Lipinski definition) is 0. The first-order valence-corrected chi connectivity index (χ1v) is 6.29. The van der Waals surface area contributed by atoms with Crippen LogP contribution in [0, 0.1) is 5.41 Å². The third-order valence-electron chi connectivity index (χ3n) is 1.57. The van der Waals surface area contributed by atoms with E-state index in [1.807, 2.05) is 6.92 Å². The predicted molar refractivity (Wildman–Crippen MR) is 55.3 cm³/mol. The first kappa shape index (κ1) is 12.1. The molecule has 3 heteroatoms. The number of hydrogen-bond acceptors (Lipinski definition) is 2. The van der Waals surface area contributed by atoms with Crippen molar-refractivity contribution in [3.8, 4) is 0 Å². The zero-order chi connectivity index (χ0) is 9.45. The molecule has 0 saturated carbocycles. The molecular weight excluding hydrogens is 168 g/mol. The molecule has 0 radical (unpaired) electrons. The van der Waals surface area contributed by atoms with Crippen molar-refractivity contribution >= 4 is 9.76 Å². The minimum absolute atomic E-state index is 0.301. The third kappa shape index (κ3) is 10.1. The Kier molecular flexibility index (Phi) is 6.71. The van der Waals surface area contributed by atoms with Gasteiger partial charge in [0, 0.05) is 6.61 Å². The van der Waals surface area contributed by atoms with Crippen LogP contribution in [0.5, 0.6) is 0 Å². The van der Waals surface area contributed by atoms with Gasteiger partial charge in [0.25, 0.3) is 0 Å². The lowest BCUT2D eigenvalue weighted by molar-refractivity contribution is 0.111. The second-order valence-electron chi connectivity index (χ2n) is 4.12. The van der Waals surface area contributed by atoms with E-state index in [1.54, 1.807) is 0 Å². The molecule has 0 aromatic carbocycles. The van der Waals surface area contributed by atoms with Crippen molar-refractivity contribution < 1.29 is 9.16 Å². The van der Waals surface area contributed by atoms with Crippen molar-refractivity contribution in [3.63, 3.8) is 0 Å². The highest BCUT2D eigenvalue weighted by atomic mass is 28.2. The molecule has 0 bridgehead atoms. The molecule has 0 aliphatic heterocycles. The van der Waals surface area contributed by atoms with Gasteiger partial charge in [0.05, 0.1) is 13.2 Å². The van der Waals surface area contributed by atoms with Gasteiger partial charge in [-0.1, -0.05) is 20.8 Å². The molecule has 0 aromatic heterocycles. The van der Waals surface area contributed by atoms with Crippen LogP contribution in [0.1, 0.15) is 27.7 Å². The Bertz CT molecular complexity index is 99.2. The van der Waals surface area contributed by atoms with Gasteiger partial charge < -0.3 is 9.16 Å². The lowest BCUT2D eigenvalue weighted by atomic mass is 10.0. The molecular formula is C9H22O2Si. The van der Waals surface area contributed by atoms with E-state index in [2.05, 4.69) is 20.8 Å². The van der Waals surface area contributed by atoms with Crippen molar-refractivity contribution in [3.05, 3.63) is 0 Å². The molecule has 0 aliphatic rings. The van der Waals surface area contributed by atoms with Gasteiger partial charge in [-0.2, -0.15) is 0 Å². The SMILES string of the molecule is CCOCCO[SiH2]CC(C)(C)C. The first-order chi connectivity index (χ1) is 5.56. The zero-order valence-corrected chi connectivity index (χ0v) is 10.3. The molecule has 74 valence electrons. The van der Waals surface area contributed by atoms with Gasteiger partial charge in [-0.15, -0.1) is 0 Å². The quantitative estimate of drug-likeness (QED) is 0.468. The molecule has 0 N–H and O–H groups in total. The summed E-state index contributed by atoms with van der Waals surface area (Å²) in [6, 6.07) is 1.25. The fourth-order valence-electron chi connectivity index (χ4n) is 0.743. The molecule has 0 saturated heterocycles. The summed E-state index contributed by atoms with van der Waals surface area (Å²) >= 11 is 0. The lowest BCUT2D eigenvalue weighted by Crippen LogP contribution is -2.13. The Morgan fingerprint density at radius 3 is 2.33 bits per heavy atom. The fourth-order valence-corrected chi connectivity index (χ4v) is 1.82. The maximum Gasteiger partial charge on any atom is 0.162 e. The summed E-state index contributed by atoms with van der Waals surface area (Å²) in [4.78, 5) is 0. The molecule has 2 nitrogen and oxygen atoms in total. The largest absolute Gasteiger partial charge is 0.422 e. The Morgan fingerprint density at radius 2 is 1.83 bits per heavy atom. The van der Waals surface area contributed by atoms with Gasteiger partial charge in [-0.05, 0) is 18.4 Å². The maximum absolute atomic E-state index is 5.53. The summed E-state index contributed by atoms with van der Waals surface area (Å²) in [5.41, 5.74) is 0.442. The van der Waals surface area contributed by atoms with Crippen molar-refractivity contribution in [1.82, 2.24) is 0 Å². The van der Waals surface area contributed by atoms with Gasteiger partial charge >= 0.3 is 0 Å². The third-order valence-corrected chi connectivity index (χ3v) is 3.85. The highest BCUT2D eigenvalue weighted by molar-refractivity contribution is 6.27. The van der Waals surface area contributed by atoms with Crippen molar-refractivity contribution in [2.45, 2.75) is 33.7 Å². The van der Waals surface area contributed by atoms with Crippen molar-refractivity contribution in [1.29, 1.82) is 0 Å². The fraction of sp³-hybridized carbons (Fsp3) is 1.00. The Hall–Kier alpha value is 0.137. The van der Waals surface area contributed by atoms with E-state index in [-0.39, 0.29) is 9.76 Å². The van der Waals surface area contributed by atoms with Gasteiger partial charge in [0.15, 0.2) is 9.76 Å². The molecule has 0 fully saturated rings. The standard InChI is InChI=1S/C9H22O2Si/c1-5-10-6-7-11-12-8-9(2,3)4/h5-8,12H2,1-4H3. The predicted octanol–water partition coefficient (Wildman–Crippen LogP) is 1.59. The van der Waals surface area contributed by atoms with Crippen LogP contribution in [0.15, 0.2) is 0 Å². The highest BCUT2D eigenvalue weighted by Gasteiger charge is 2.09. The molecule has 0 rings (SSSR count). The molecule has 0 aromatic rings. The Morgan fingerprint density at radius 1 is 1.17 bits per heavy atom. The van der Waals surface area contributed by atoms with Crippen molar-refractivity contribution in [2.75, 3.05) is 19.8 Å². The Balaban J connectivity index is 3.01. The van der Waals surface area contributed by atoms with Crippen molar-refractivity contribution in [2.24, 2.45) is 5.41 Å². The highest BCUT2D eigenvalue weighted by Crippen LogP contribution is 2.17. The van der Waals surface area contributed by atoms with Crippen LogP contribution in [0.4, 0.5) is 0 Å². The first-order valence-electron chi connectivity index (χ1n) is 4.72. The van der Waals surface area contributed by atoms with E-state index in [9.17, 15) is 0 Å². The number of rotatable bonds is 6. The average Bonchev–Trinajstić information content (AvgIpc) is 1.94. The van der Waals surface area contributed by atoms with E-state index in [4.69, 9.17) is 9.16 Å². The van der Waals surface area contributed by atoms with Gasteiger partial charge in [-0.3, -0.25) is 0 Å². The molecule has 0 heterocycles. The monoisotopic (exact) mass is 190 g/mol. The number of ether oxygens (including phenoxy) is 1. The van der Waals surface area contributed by atoms with Crippen LogP contribution in [0.3, 0.4) is 0 Å². The van der Waals surface area contributed by atoms with Gasteiger partial charge in [0.2, 0.25) is 0 Å². The van der Waals surface area contributed by atoms with Crippen LogP contribution in [-0.4, -0.2) is 29.6 Å². The minimum atomic E-state index is -0.301. The smallest absolute Gasteiger partial charge is 0.162 e. The van der Waals surface area contributed by atoms with Gasteiger partial charge in [-0.25, -0.2) is 0 Å². The zero-order valence-electron chi connectivity index (χ0n) is 8.85. The van der Waals surface area contributed by atoms with Crippen LogP contribution < -0.4 is 0 Å². The maximum atomic E-state index is 5.53. The summed E-state index contributed by atoms with van der Waals surface area (Å²) < 4.78 is 10.7. The Labute approximate surface area is 78.6 Å². The summed E-state index contributed by atoms with van der Waals surface area (Å²) in [6.07, 6.45) is 0. The average molecular weight is 190 g/mol. The van der Waals surface area contributed by atoms with Crippen LogP contribution in [0.2, 0.25) is 6.04 Å². The van der Waals surface area contributed by atoms with E-state index >= 15 is 0 Å².